The zero-order valence-electron chi connectivity index (χ0n) is 19.5. The third-order valence-electron chi connectivity index (χ3n) is 6.44. The van der Waals surface area contributed by atoms with Crippen LogP contribution in [0, 0.1) is 5.82 Å². The van der Waals surface area contributed by atoms with Crippen molar-refractivity contribution in [1.29, 1.82) is 0 Å². The Morgan fingerprint density at radius 3 is 2.65 bits per heavy atom. The fourth-order valence-corrected chi connectivity index (χ4v) is 4.60. The molecule has 5 heterocycles. The van der Waals surface area contributed by atoms with Crippen molar-refractivity contribution in [2.45, 2.75) is 18.5 Å². The molecule has 8 nitrogen and oxygen atoms in total. The lowest BCUT2D eigenvalue weighted by molar-refractivity contribution is 0.0221. The summed E-state index contributed by atoms with van der Waals surface area (Å²) in [7, 11) is 1.80. The van der Waals surface area contributed by atoms with Crippen LogP contribution in [0.2, 0.25) is 0 Å². The lowest BCUT2D eigenvalue weighted by Crippen LogP contribution is -2.30. The van der Waals surface area contributed by atoms with Crippen LogP contribution in [0.15, 0.2) is 67.1 Å². The second kappa shape index (κ2) is 8.57. The van der Waals surface area contributed by atoms with Gasteiger partial charge in [0, 0.05) is 37.6 Å². The van der Waals surface area contributed by atoms with E-state index in [9.17, 15) is 8.78 Å². The molecule has 4 aromatic heterocycles. The van der Waals surface area contributed by atoms with Crippen LogP contribution in [-0.4, -0.2) is 40.8 Å². The van der Waals surface area contributed by atoms with Gasteiger partial charge in [-0.2, -0.15) is 13.9 Å². The smallest absolute Gasteiger partial charge is 0.334 e. The molecule has 0 fully saturated rings. The molecule has 0 amide bonds. The highest BCUT2D eigenvalue weighted by Gasteiger charge is 2.45. The second-order valence-electron chi connectivity index (χ2n) is 8.74. The molecule has 0 saturated carbocycles. The number of hydrogen-bond acceptors (Lipinski definition) is 5. The third kappa shape index (κ3) is 3.76. The third-order valence-corrected chi connectivity index (χ3v) is 6.44. The maximum atomic E-state index is 15.4. The van der Waals surface area contributed by atoms with Gasteiger partial charge in [-0.3, -0.25) is 9.25 Å². The molecular formula is C25H20F4N8. The average Bonchev–Trinajstić information content (AvgIpc) is 3.62. The topological polar surface area (TPSA) is 78.4 Å². The fourth-order valence-electron chi connectivity index (χ4n) is 4.60. The number of rotatable bonds is 6. The van der Waals surface area contributed by atoms with Crippen molar-refractivity contribution in [2.24, 2.45) is 7.05 Å². The van der Waals surface area contributed by atoms with Crippen molar-refractivity contribution in [3.05, 3.63) is 84.3 Å². The Hall–Kier alpha value is -4.48. The summed E-state index contributed by atoms with van der Waals surface area (Å²) in [6, 6.07) is 10.8. The van der Waals surface area contributed by atoms with Gasteiger partial charge in [-0.15, -0.1) is 10.2 Å². The first kappa shape index (κ1) is 23.0. The summed E-state index contributed by atoms with van der Waals surface area (Å²) in [5, 5.41) is 15.0. The van der Waals surface area contributed by atoms with E-state index in [1.54, 1.807) is 34.8 Å². The van der Waals surface area contributed by atoms with Gasteiger partial charge in [-0.1, -0.05) is 12.1 Å². The number of nitrogens with one attached hydrogen (secondary N) is 1. The van der Waals surface area contributed by atoms with Gasteiger partial charge in [-0.25, -0.2) is 13.8 Å². The normalized spacial score (nSPS) is 14.9. The Balaban J connectivity index is 1.40. The van der Waals surface area contributed by atoms with Crippen LogP contribution in [0.1, 0.15) is 17.4 Å². The number of halogens is 4. The largest absolute Gasteiger partial charge is 0.342 e. The van der Waals surface area contributed by atoms with Crippen LogP contribution < -0.4 is 5.32 Å². The monoisotopic (exact) mass is 508 g/mol. The molecule has 0 saturated heterocycles. The number of fused-ring (bicyclic) bond motifs is 3. The van der Waals surface area contributed by atoms with Crippen LogP contribution in [0.25, 0.3) is 22.6 Å². The molecule has 0 aliphatic carbocycles. The molecule has 1 aromatic carbocycles. The van der Waals surface area contributed by atoms with Crippen LogP contribution in [0.4, 0.5) is 29.2 Å². The molecule has 1 aliphatic rings. The fraction of sp³-hybridized carbons (Fsp3) is 0.200. The number of benzene rings is 1. The van der Waals surface area contributed by atoms with Gasteiger partial charge in [0.2, 0.25) is 5.82 Å². The number of aromatic nitrogens is 7. The average molecular weight is 508 g/mol. The van der Waals surface area contributed by atoms with Crippen molar-refractivity contribution in [3.8, 4) is 22.6 Å². The van der Waals surface area contributed by atoms with Crippen LogP contribution >= 0.6 is 0 Å². The van der Waals surface area contributed by atoms with Gasteiger partial charge in [0.05, 0.1) is 23.5 Å². The Bertz CT molecular complexity index is 1600. The first-order valence-electron chi connectivity index (χ1n) is 11.4. The zero-order chi connectivity index (χ0) is 25.7. The van der Waals surface area contributed by atoms with E-state index >= 15 is 8.78 Å². The quantitative estimate of drug-likeness (QED) is 0.324. The standard InChI is InChI=1S/C25H20F4N8/c1-35-22(7-9-31-35)32-21-11-15(6-8-30-21)16-10-20-23-33-34-24(37(23)17(12-26)14-36(20)13-16)25(28,29)18-4-2-3-5-19(18)27/h2-11,13,17H,12,14H2,1H3,(H,30,32)/t17-/m0/s1. The predicted octanol–water partition coefficient (Wildman–Crippen LogP) is 5.09. The van der Waals surface area contributed by atoms with E-state index < -0.39 is 35.8 Å². The van der Waals surface area contributed by atoms with Crippen LogP contribution in [0.5, 0.6) is 0 Å². The van der Waals surface area contributed by atoms with Crippen molar-refractivity contribution < 1.29 is 17.6 Å². The van der Waals surface area contributed by atoms with E-state index in [-0.39, 0.29) is 12.4 Å². The summed E-state index contributed by atoms with van der Waals surface area (Å²) in [5.41, 5.74) is 1.23. The minimum atomic E-state index is -3.81. The second-order valence-corrected chi connectivity index (χ2v) is 8.74. The molecule has 0 unspecified atom stereocenters. The number of anilines is 2. The highest BCUT2D eigenvalue weighted by molar-refractivity contribution is 5.72. The van der Waals surface area contributed by atoms with E-state index in [0.29, 0.717) is 11.5 Å². The summed E-state index contributed by atoms with van der Waals surface area (Å²) < 4.78 is 63.8. The molecule has 0 spiro atoms. The molecule has 188 valence electrons. The first-order valence-corrected chi connectivity index (χ1v) is 11.4. The highest BCUT2D eigenvalue weighted by Crippen LogP contribution is 2.42. The summed E-state index contributed by atoms with van der Waals surface area (Å²) in [4.78, 5) is 4.34. The van der Waals surface area contributed by atoms with Crippen molar-refractivity contribution in [1.82, 2.24) is 34.1 Å². The van der Waals surface area contributed by atoms with Gasteiger partial charge in [0.1, 0.15) is 24.1 Å². The molecule has 12 heteroatoms. The number of pyridine rings is 1. The maximum absolute atomic E-state index is 15.4. The first-order chi connectivity index (χ1) is 17.9. The van der Waals surface area contributed by atoms with E-state index in [0.717, 1.165) is 33.6 Å². The van der Waals surface area contributed by atoms with Gasteiger partial charge >= 0.3 is 5.92 Å². The number of aryl methyl sites for hydroxylation is 1. The minimum Gasteiger partial charge on any atom is -0.342 e. The highest BCUT2D eigenvalue weighted by atomic mass is 19.3. The van der Waals surface area contributed by atoms with Crippen LogP contribution in [-0.2, 0) is 19.5 Å². The number of hydrogen-bond donors (Lipinski definition) is 1. The summed E-state index contributed by atoms with van der Waals surface area (Å²) in [5.74, 6) is -4.25. The van der Waals surface area contributed by atoms with Gasteiger partial charge in [0.25, 0.3) is 0 Å². The Morgan fingerprint density at radius 1 is 1.05 bits per heavy atom. The molecule has 1 N–H and O–H groups in total. The molecule has 0 radical (unpaired) electrons. The summed E-state index contributed by atoms with van der Waals surface area (Å²) >= 11 is 0. The molecular weight excluding hydrogens is 488 g/mol. The van der Waals surface area contributed by atoms with E-state index in [4.69, 9.17) is 0 Å². The number of nitrogens with zero attached hydrogens (tertiary/aromatic N) is 7. The maximum Gasteiger partial charge on any atom is 0.334 e. The molecule has 37 heavy (non-hydrogen) atoms. The van der Waals surface area contributed by atoms with Gasteiger partial charge in [0.15, 0.2) is 5.82 Å². The lowest BCUT2D eigenvalue weighted by atomic mass is 10.1. The van der Waals surface area contributed by atoms with E-state index in [1.165, 1.54) is 12.1 Å². The minimum absolute atomic E-state index is 0.0857. The van der Waals surface area contributed by atoms with Crippen molar-refractivity contribution >= 4 is 11.6 Å². The van der Waals surface area contributed by atoms with Gasteiger partial charge < -0.3 is 9.88 Å². The zero-order valence-corrected chi connectivity index (χ0v) is 19.5. The Morgan fingerprint density at radius 2 is 1.89 bits per heavy atom. The van der Waals surface area contributed by atoms with Crippen molar-refractivity contribution in [2.75, 3.05) is 12.0 Å². The molecule has 1 aliphatic heterocycles. The lowest BCUT2D eigenvalue weighted by Gasteiger charge is -2.28. The molecule has 6 rings (SSSR count). The van der Waals surface area contributed by atoms with Gasteiger partial charge in [-0.05, 0) is 35.9 Å². The molecule has 5 aromatic rings. The summed E-state index contributed by atoms with van der Waals surface area (Å²) in [6.07, 6.45) is 5.12. The van der Waals surface area contributed by atoms with Crippen molar-refractivity contribution in [3.63, 3.8) is 0 Å². The number of alkyl halides is 3. The van der Waals surface area contributed by atoms with E-state index in [1.807, 2.05) is 24.4 Å². The van der Waals surface area contributed by atoms with Crippen LogP contribution in [0.3, 0.4) is 0 Å². The summed E-state index contributed by atoms with van der Waals surface area (Å²) in [6.45, 7) is -0.838. The Kier molecular flexibility index (Phi) is 5.32. The predicted molar refractivity (Wildman–Crippen MR) is 128 cm³/mol. The molecule has 0 bridgehead atoms. The SMILES string of the molecule is Cn1nccc1Nc1cc(-c2cc3n(c2)C[C@H](CF)n2c-3nnc2C(F)(F)c2ccccc2F)ccn1. The molecule has 1 atom stereocenters. The van der Waals surface area contributed by atoms with E-state index in [2.05, 4.69) is 25.6 Å². The Labute approximate surface area is 208 Å².